The van der Waals surface area contributed by atoms with Crippen molar-refractivity contribution in [2.24, 2.45) is 0 Å². The maximum absolute atomic E-state index is 12.8. The molecule has 206 valence electrons. The second-order valence-electron chi connectivity index (χ2n) is 5.39. The van der Waals surface area contributed by atoms with Gasteiger partial charge in [-0.2, -0.15) is 79.0 Å². The number of carboxylic acids is 1. The van der Waals surface area contributed by atoms with E-state index in [9.17, 15) is 92.6 Å². The number of hydrogen-bond donors (Lipinski definition) is 2. The van der Waals surface area contributed by atoms with Gasteiger partial charge in [-0.25, -0.2) is 4.72 Å². The van der Waals surface area contributed by atoms with Crippen molar-refractivity contribution < 1.29 is 97.7 Å². The Labute approximate surface area is 175 Å². The summed E-state index contributed by atoms with van der Waals surface area (Å²) < 4.78 is 241. The smallest absolute Gasteiger partial charge is 0.460 e. The van der Waals surface area contributed by atoms with E-state index in [0.29, 0.717) is 0 Å². The zero-order valence-electron chi connectivity index (χ0n) is 14.6. The van der Waals surface area contributed by atoms with Gasteiger partial charge in [0.2, 0.25) is 0 Å². The minimum Gasteiger partial charge on any atom is -0.760 e. The van der Waals surface area contributed by atoms with E-state index in [4.69, 9.17) is 5.11 Å². The van der Waals surface area contributed by atoms with Crippen LogP contribution in [0.3, 0.4) is 0 Å². The van der Waals surface area contributed by atoms with Crippen LogP contribution in [0.4, 0.5) is 79.0 Å². The molecule has 1 atom stereocenters. The second-order valence-corrected chi connectivity index (χ2v) is 6.15. The van der Waals surface area contributed by atoms with E-state index in [1.807, 2.05) is 0 Å². The molecule has 0 aliphatic rings. The van der Waals surface area contributed by atoms with Crippen molar-refractivity contribution in [3.05, 3.63) is 0 Å². The first-order valence-electron chi connectivity index (χ1n) is 6.82. The van der Waals surface area contributed by atoms with Crippen LogP contribution in [0, 0.1) is 0 Å². The molecular weight excluding hydrogens is 572 g/mol. The number of alkyl halides is 18. The van der Waals surface area contributed by atoms with Crippen LogP contribution < -0.4 is 4.72 Å². The van der Waals surface area contributed by atoms with Crippen LogP contribution >= 0.6 is 0 Å². The molecule has 0 aromatic rings. The highest BCUT2D eigenvalue weighted by Gasteiger charge is 2.95. The Balaban J connectivity index is 0. The Morgan fingerprint density at radius 2 is 0.794 bits per heavy atom. The molecular formula is C10H4F18NO4S-. The number of hydrogen-bond acceptors (Lipinski definition) is 3. The van der Waals surface area contributed by atoms with Crippen molar-refractivity contribution in [3.8, 4) is 0 Å². The van der Waals surface area contributed by atoms with Crippen molar-refractivity contribution in [2.45, 2.75) is 47.9 Å². The lowest BCUT2D eigenvalue weighted by Crippen LogP contribution is -2.74. The number of aliphatic carboxylic acids is 1. The normalized spacial score (nSPS) is 16.0. The molecule has 0 spiro atoms. The maximum atomic E-state index is 12.8. The standard InChI is InChI=1S/C8F18.C2H5NO4S/c9-1(10,3(13,14)5(17,18)7(21,22)23)2(11,12)4(15,16)6(19,20)8(24,25)26;4-2(5)1-3-8(6)7/h;3H,1H2,(H,4,5)(H,6,7)/p-1. The molecule has 0 heterocycles. The van der Waals surface area contributed by atoms with Crippen LogP contribution in [0.1, 0.15) is 0 Å². The van der Waals surface area contributed by atoms with Gasteiger partial charge < -0.3 is 9.66 Å². The average Bonchev–Trinajstić information content (AvgIpc) is 2.57. The number of rotatable bonds is 8. The van der Waals surface area contributed by atoms with E-state index >= 15 is 0 Å². The largest absolute Gasteiger partial charge is 0.760 e. The summed E-state index contributed by atoms with van der Waals surface area (Å²) in [6, 6.07) is 0. The van der Waals surface area contributed by atoms with E-state index in [2.05, 4.69) is 0 Å². The lowest BCUT2D eigenvalue weighted by atomic mass is 9.91. The Kier molecular flexibility index (Phi) is 9.86. The molecule has 0 aliphatic heterocycles. The Hall–Kier alpha value is -1.72. The first-order valence-corrected chi connectivity index (χ1v) is 7.90. The van der Waals surface area contributed by atoms with Gasteiger partial charge in [-0.1, -0.05) is 0 Å². The zero-order valence-corrected chi connectivity index (χ0v) is 15.4. The van der Waals surface area contributed by atoms with Crippen molar-refractivity contribution in [1.29, 1.82) is 0 Å². The summed E-state index contributed by atoms with van der Waals surface area (Å²) in [6.45, 7) is -0.559. The fourth-order valence-corrected chi connectivity index (χ4v) is 1.51. The first kappa shape index (κ1) is 34.4. The predicted octanol–water partition coefficient (Wildman–Crippen LogP) is 4.38. The molecule has 0 radical (unpaired) electrons. The Morgan fingerprint density at radius 1 is 0.588 bits per heavy atom. The van der Waals surface area contributed by atoms with E-state index in [-0.39, 0.29) is 0 Å². The average molecular weight is 576 g/mol. The van der Waals surface area contributed by atoms with Gasteiger partial charge in [-0.05, 0) is 0 Å². The van der Waals surface area contributed by atoms with Gasteiger partial charge in [-0.3, -0.25) is 9.00 Å². The van der Waals surface area contributed by atoms with Crippen molar-refractivity contribution >= 4 is 17.2 Å². The van der Waals surface area contributed by atoms with Crippen LogP contribution in [-0.2, 0) is 16.1 Å². The van der Waals surface area contributed by atoms with Crippen LogP contribution in [0.15, 0.2) is 0 Å². The van der Waals surface area contributed by atoms with E-state index in [0.717, 1.165) is 0 Å². The summed E-state index contributed by atoms with van der Waals surface area (Å²) in [4.78, 5) is 9.57. The summed E-state index contributed by atoms with van der Waals surface area (Å²) in [6.07, 6.45) is -15.6. The summed E-state index contributed by atoms with van der Waals surface area (Å²) in [5, 5.41) is 7.83. The maximum Gasteiger partial charge on any atom is 0.460 e. The Bertz CT molecular complexity index is 682. The van der Waals surface area contributed by atoms with Gasteiger partial charge in [0.05, 0.1) is 0 Å². The van der Waals surface area contributed by atoms with Crippen molar-refractivity contribution in [1.82, 2.24) is 4.72 Å². The van der Waals surface area contributed by atoms with Gasteiger partial charge in [0.15, 0.2) is 0 Å². The third kappa shape index (κ3) is 5.91. The fourth-order valence-electron chi connectivity index (χ4n) is 1.27. The minimum absolute atomic E-state index is 0.559. The third-order valence-corrected chi connectivity index (χ3v) is 3.41. The minimum atomic E-state index is -8.72. The molecule has 1 unspecified atom stereocenters. The molecule has 0 aromatic carbocycles. The van der Waals surface area contributed by atoms with Gasteiger partial charge in [0, 0.05) is 11.3 Å². The van der Waals surface area contributed by atoms with Gasteiger partial charge in [0.1, 0.15) is 6.54 Å². The summed E-state index contributed by atoms with van der Waals surface area (Å²) >= 11 is -2.47. The monoisotopic (exact) mass is 576 g/mol. The topological polar surface area (TPSA) is 89.5 Å². The molecule has 34 heavy (non-hydrogen) atoms. The molecule has 0 amide bonds. The molecule has 2 N–H and O–H groups in total. The predicted molar refractivity (Wildman–Crippen MR) is 66.4 cm³/mol. The SMILES string of the molecule is FC(F)(F)C(F)(F)C(F)(F)C(F)(F)C(F)(F)C(F)(F)C(F)(F)C(F)(F)F.O=C(O)CNS(=O)[O-]. The molecule has 0 aliphatic carbocycles. The van der Waals surface area contributed by atoms with Crippen LogP contribution in [0.5, 0.6) is 0 Å². The molecule has 0 bridgehead atoms. The number of nitrogens with one attached hydrogen (secondary N) is 1. The quantitative estimate of drug-likeness (QED) is 0.332. The lowest BCUT2D eigenvalue weighted by molar-refractivity contribution is -0.468. The third-order valence-electron chi connectivity index (χ3n) is 3.02. The van der Waals surface area contributed by atoms with Gasteiger partial charge in [-0.15, -0.1) is 0 Å². The molecule has 0 saturated heterocycles. The van der Waals surface area contributed by atoms with Gasteiger partial charge >= 0.3 is 53.9 Å². The number of carboxylic acid groups (broad SMARTS) is 1. The van der Waals surface area contributed by atoms with Crippen molar-refractivity contribution in [2.75, 3.05) is 6.54 Å². The van der Waals surface area contributed by atoms with E-state index in [1.165, 1.54) is 0 Å². The van der Waals surface area contributed by atoms with E-state index in [1.54, 1.807) is 4.72 Å². The van der Waals surface area contributed by atoms with Crippen LogP contribution in [-0.4, -0.2) is 74.3 Å². The lowest BCUT2D eigenvalue weighted by Gasteiger charge is -2.41. The van der Waals surface area contributed by atoms with Gasteiger partial charge in [0.25, 0.3) is 0 Å². The first-order chi connectivity index (χ1) is 14.4. The highest BCUT2D eigenvalue weighted by atomic mass is 32.2. The molecule has 5 nitrogen and oxygen atoms in total. The highest BCUT2D eigenvalue weighted by molar-refractivity contribution is 7.77. The van der Waals surface area contributed by atoms with E-state index < -0.39 is 71.7 Å². The second kappa shape index (κ2) is 9.73. The summed E-state index contributed by atoms with van der Waals surface area (Å²) in [5.74, 6) is -52.2. The Morgan fingerprint density at radius 3 is 0.912 bits per heavy atom. The summed E-state index contributed by atoms with van der Waals surface area (Å²) in [5.41, 5.74) is 0. The molecule has 0 saturated carbocycles. The van der Waals surface area contributed by atoms with Crippen molar-refractivity contribution in [3.63, 3.8) is 0 Å². The number of halogens is 18. The van der Waals surface area contributed by atoms with Crippen LogP contribution in [0.2, 0.25) is 0 Å². The number of carbonyl (C=O) groups is 1. The fraction of sp³-hybridized carbons (Fsp3) is 0.900. The molecule has 0 aromatic heterocycles. The van der Waals surface area contributed by atoms with Crippen LogP contribution in [0.25, 0.3) is 0 Å². The highest BCUT2D eigenvalue weighted by Crippen LogP contribution is 2.63. The molecule has 24 heteroatoms. The zero-order chi connectivity index (χ0) is 28.6. The molecule has 0 rings (SSSR count). The molecule has 0 fully saturated rings. The summed E-state index contributed by atoms with van der Waals surface area (Å²) in [7, 11) is 0.